The number of rotatable bonds is 6. The predicted molar refractivity (Wildman–Crippen MR) is 119 cm³/mol. The molecule has 0 saturated heterocycles. The highest BCUT2D eigenvalue weighted by molar-refractivity contribution is 5.83. The number of carboxylic acid groups (broad SMARTS) is 1. The quantitative estimate of drug-likeness (QED) is 0.440. The van der Waals surface area contributed by atoms with Crippen LogP contribution in [0.1, 0.15) is 17.9 Å². The zero-order valence-electron chi connectivity index (χ0n) is 17.9. The second-order valence-corrected chi connectivity index (χ2v) is 8.07. The Hall–Kier alpha value is -4.00. The van der Waals surface area contributed by atoms with E-state index in [1.807, 2.05) is 36.4 Å². The van der Waals surface area contributed by atoms with E-state index >= 15 is 0 Å². The van der Waals surface area contributed by atoms with Crippen LogP contribution in [0.25, 0.3) is 11.1 Å². The average Bonchev–Trinajstić information content (AvgIpc) is 3.26. The average molecular weight is 446 g/mol. The molecule has 1 N–H and O–H groups in total. The summed E-state index contributed by atoms with van der Waals surface area (Å²) in [5.74, 6) is -0.807. The topological polar surface area (TPSA) is 91.3 Å². The predicted octanol–water partition coefficient (Wildman–Crippen LogP) is 4.50. The minimum absolute atomic E-state index is 0.197. The number of carbonyl (C=O) groups excluding carboxylic acids is 1. The lowest BCUT2D eigenvalue weighted by molar-refractivity contribution is -0.155. The van der Waals surface area contributed by atoms with Gasteiger partial charge >= 0.3 is 11.9 Å². The van der Waals surface area contributed by atoms with Crippen LogP contribution in [0.15, 0.2) is 66.7 Å². The summed E-state index contributed by atoms with van der Waals surface area (Å²) in [6, 6.07) is 20.0. The molecule has 3 aromatic rings. The normalized spacial score (nSPS) is 20.6. The molecule has 3 aromatic carbocycles. The van der Waals surface area contributed by atoms with Crippen LogP contribution in [-0.2, 0) is 9.59 Å². The molecule has 1 aliphatic heterocycles. The lowest BCUT2D eigenvalue weighted by Crippen LogP contribution is -2.45. The Kier molecular flexibility index (Phi) is 5.38. The molecule has 0 spiro atoms. The van der Waals surface area contributed by atoms with E-state index in [9.17, 15) is 14.7 Å². The number of ether oxygens (including phenoxy) is 4. The van der Waals surface area contributed by atoms with Crippen LogP contribution in [0.3, 0.4) is 0 Å². The number of esters is 1. The van der Waals surface area contributed by atoms with Crippen LogP contribution in [-0.4, -0.2) is 30.9 Å². The molecule has 7 nitrogen and oxygen atoms in total. The minimum atomic E-state index is -0.931. The van der Waals surface area contributed by atoms with E-state index in [0.29, 0.717) is 28.6 Å². The van der Waals surface area contributed by atoms with Gasteiger partial charge in [-0.1, -0.05) is 36.4 Å². The van der Waals surface area contributed by atoms with Crippen LogP contribution in [0, 0.1) is 11.8 Å². The highest BCUT2D eigenvalue weighted by Gasteiger charge is 2.51. The molecule has 1 saturated carbocycles. The van der Waals surface area contributed by atoms with Crippen molar-refractivity contribution in [2.75, 3.05) is 13.9 Å². The standard InChI is InChI=1S/C26H22O7/c1-30-21-8-3-2-7-18(21)24-19(25(27)28)13-20(24)26(29)33-17-6-4-5-15(11-17)16-9-10-22-23(12-16)32-14-31-22/h2-12,19-20,24H,13-14H2,1H3,(H,27,28)/t19-,20+,24-/m0/s1. The molecular weight excluding hydrogens is 424 g/mol. The molecule has 33 heavy (non-hydrogen) atoms. The number of para-hydroxylation sites is 1. The first kappa shape index (κ1) is 20.9. The van der Waals surface area contributed by atoms with Gasteiger partial charge < -0.3 is 24.1 Å². The maximum atomic E-state index is 13.1. The number of benzene rings is 3. The Bertz CT molecular complexity index is 1220. The molecule has 0 bridgehead atoms. The van der Waals surface area contributed by atoms with Crippen molar-refractivity contribution in [3.8, 4) is 34.1 Å². The van der Waals surface area contributed by atoms with E-state index in [4.69, 9.17) is 18.9 Å². The van der Waals surface area contributed by atoms with Gasteiger partial charge in [0.05, 0.1) is 18.9 Å². The SMILES string of the molecule is COc1ccccc1[C@H]1[C@@H](C(=O)O)C[C@H]1C(=O)Oc1cccc(-c2ccc3c(c2)OCO3)c1. The van der Waals surface area contributed by atoms with E-state index in [1.54, 1.807) is 30.3 Å². The summed E-state index contributed by atoms with van der Waals surface area (Å²) in [5, 5.41) is 9.63. The Morgan fingerprint density at radius 3 is 2.52 bits per heavy atom. The fourth-order valence-electron chi connectivity index (χ4n) is 4.53. The Morgan fingerprint density at radius 2 is 1.70 bits per heavy atom. The molecule has 0 radical (unpaired) electrons. The third-order valence-electron chi connectivity index (χ3n) is 6.25. The second kappa shape index (κ2) is 8.50. The van der Waals surface area contributed by atoms with Crippen molar-refractivity contribution in [1.82, 2.24) is 0 Å². The molecule has 1 aliphatic carbocycles. The van der Waals surface area contributed by atoms with Crippen molar-refractivity contribution in [3.63, 3.8) is 0 Å². The Balaban J connectivity index is 1.37. The highest BCUT2D eigenvalue weighted by atomic mass is 16.7. The molecule has 0 aromatic heterocycles. The van der Waals surface area contributed by atoms with Gasteiger partial charge in [0.2, 0.25) is 6.79 Å². The Labute approximate surface area is 190 Å². The van der Waals surface area contributed by atoms with Crippen LogP contribution in [0.5, 0.6) is 23.0 Å². The van der Waals surface area contributed by atoms with Gasteiger partial charge in [0.25, 0.3) is 0 Å². The molecular formula is C26H22O7. The number of aliphatic carboxylic acids is 1. The number of carboxylic acids is 1. The molecule has 1 heterocycles. The van der Waals surface area contributed by atoms with Gasteiger partial charge in [0.15, 0.2) is 11.5 Å². The van der Waals surface area contributed by atoms with Crippen LogP contribution >= 0.6 is 0 Å². The Morgan fingerprint density at radius 1 is 0.909 bits per heavy atom. The summed E-state index contributed by atoms with van der Waals surface area (Å²) in [5.41, 5.74) is 2.46. The molecule has 0 unspecified atom stereocenters. The zero-order valence-corrected chi connectivity index (χ0v) is 17.9. The first-order chi connectivity index (χ1) is 16.0. The van der Waals surface area contributed by atoms with Crippen molar-refractivity contribution in [1.29, 1.82) is 0 Å². The van der Waals surface area contributed by atoms with Crippen LogP contribution in [0.4, 0.5) is 0 Å². The highest BCUT2D eigenvalue weighted by Crippen LogP contribution is 2.51. The van der Waals surface area contributed by atoms with Gasteiger partial charge in [-0.15, -0.1) is 0 Å². The van der Waals surface area contributed by atoms with Gasteiger partial charge in [-0.25, -0.2) is 0 Å². The van der Waals surface area contributed by atoms with Crippen molar-refractivity contribution in [2.45, 2.75) is 12.3 Å². The maximum absolute atomic E-state index is 13.1. The number of hydrogen-bond acceptors (Lipinski definition) is 6. The van der Waals surface area contributed by atoms with Gasteiger partial charge in [0.1, 0.15) is 11.5 Å². The maximum Gasteiger partial charge on any atom is 0.315 e. The van der Waals surface area contributed by atoms with Gasteiger partial charge in [-0.2, -0.15) is 0 Å². The molecule has 1 fully saturated rings. The first-order valence-electron chi connectivity index (χ1n) is 10.6. The monoisotopic (exact) mass is 446 g/mol. The van der Waals surface area contributed by atoms with E-state index in [-0.39, 0.29) is 13.2 Å². The van der Waals surface area contributed by atoms with Crippen LogP contribution in [0.2, 0.25) is 0 Å². The molecule has 2 aliphatic rings. The third-order valence-corrected chi connectivity index (χ3v) is 6.25. The fourth-order valence-corrected chi connectivity index (χ4v) is 4.53. The van der Waals surface area contributed by atoms with E-state index < -0.39 is 29.7 Å². The number of fused-ring (bicyclic) bond motifs is 1. The summed E-state index contributed by atoms with van der Waals surface area (Å²) < 4.78 is 21.9. The molecule has 3 atom stereocenters. The summed E-state index contributed by atoms with van der Waals surface area (Å²) in [6.07, 6.45) is 0.221. The second-order valence-electron chi connectivity index (χ2n) is 8.07. The lowest BCUT2D eigenvalue weighted by Gasteiger charge is -2.41. The first-order valence-corrected chi connectivity index (χ1v) is 10.6. The number of methoxy groups -OCH3 is 1. The van der Waals surface area contributed by atoms with Gasteiger partial charge in [-0.05, 0) is 53.4 Å². The van der Waals surface area contributed by atoms with E-state index in [0.717, 1.165) is 11.1 Å². The summed E-state index contributed by atoms with van der Waals surface area (Å²) >= 11 is 0. The van der Waals surface area contributed by atoms with Gasteiger partial charge in [0, 0.05) is 5.92 Å². The molecule has 0 amide bonds. The number of hydrogen-bond donors (Lipinski definition) is 1. The van der Waals surface area contributed by atoms with E-state index in [2.05, 4.69) is 0 Å². The molecule has 5 rings (SSSR count). The molecule has 168 valence electrons. The van der Waals surface area contributed by atoms with E-state index in [1.165, 1.54) is 7.11 Å². The fraction of sp³-hybridized carbons (Fsp3) is 0.231. The zero-order chi connectivity index (χ0) is 22.9. The largest absolute Gasteiger partial charge is 0.496 e. The summed E-state index contributed by atoms with van der Waals surface area (Å²) in [4.78, 5) is 24.8. The minimum Gasteiger partial charge on any atom is -0.496 e. The third kappa shape index (κ3) is 3.86. The van der Waals surface area contributed by atoms with Crippen LogP contribution < -0.4 is 18.9 Å². The van der Waals surface area contributed by atoms with Crippen molar-refractivity contribution in [3.05, 3.63) is 72.3 Å². The summed E-state index contributed by atoms with van der Waals surface area (Å²) in [7, 11) is 1.53. The van der Waals surface area contributed by atoms with Crippen molar-refractivity contribution >= 4 is 11.9 Å². The molecule has 7 heteroatoms. The summed E-state index contributed by atoms with van der Waals surface area (Å²) in [6.45, 7) is 0.197. The van der Waals surface area contributed by atoms with Crippen molar-refractivity contribution < 1.29 is 33.6 Å². The lowest BCUT2D eigenvalue weighted by atomic mass is 9.61. The smallest absolute Gasteiger partial charge is 0.315 e. The van der Waals surface area contributed by atoms with Crippen molar-refractivity contribution in [2.24, 2.45) is 11.8 Å². The number of carbonyl (C=O) groups is 2. The van der Waals surface area contributed by atoms with Gasteiger partial charge in [-0.3, -0.25) is 9.59 Å².